The summed E-state index contributed by atoms with van der Waals surface area (Å²) in [7, 11) is 0. The van der Waals surface area contributed by atoms with Gasteiger partial charge in [0.25, 0.3) is 0 Å². The van der Waals surface area contributed by atoms with Crippen molar-refractivity contribution in [1.29, 1.82) is 0 Å². The third kappa shape index (κ3) is 3.63. The van der Waals surface area contributed by atoms with E-state index in [2.05, 4.69) is 0 Å². The number of carbonyl (C=O) groups is 2. The van der Waals surface area contributed by atoms with Crippen LogP contribution in [0.5, 0.6) is 5.75 Å². The summed E-state index contributed by atoms with van der Waals surface area (Å²) >= 11 is 0. The molecule has 1 unspecified atom stereocenters. The van der Waals surface area contributed by atoms with Crippen LogP contribution < -0.4 is 16.2 Å². The molecular formula is C14H19N3O3. The van der Waals surface area contributed by atoms with Gasteiger partial charge in [0.1, 0.15) is 5.75 Å². The van der Waals surface area contributed by atoms with Gasteiger partial charge in [-0.1, -0.05) is 6.07 Å². The van der Waals surface area contributed by atoms with Gasteiger partial charge in [0, 0.05) is 24.8 Å². The maximum Gasteiger partial charge on any atom is 0.226 e. The number of ether oxygens (including phenoxy) is 1. The molecule has 4 N–H and O–H groups in total. The minimum Gasteiger partial charge on any atom is -0.493 e. The lowest BCUT2D eigenvalue weighted by atomic mass is 10.1. The van der Waals surface area contributed by atoms with Gasteiger partial charge in [-0.15, -0.1) is 0 Å². The smallest absolute Gasteiger partial charge is 0.226 e. The van der Waals surface area contributed by atoms with Gasteiger partial charge in [-0.25, -0.2) is 0 Å². The Kier molecular flexibility index (Phi) is 4.45. The van der Waals surface area contributed by atoms with Gasteiger partial charge in [-0.3, -0.25) is 9.59 Å². The van der Waals surface area contributed by atoms with E-state index < -0.39 is 0 Å². The largest absolute Gasteiger partial charge is 0.493 e. The van der Waals surface area contributed by atoms with Gasteiger partial charge in [-0.2, -0.15) is 0 Å². The molecule has 1 fully saturated rings. The average Bonchev–Trinajstić information content (AvgIpc) is 2.88. The van der Waals surface area contributed by atoms with Crippen molar-refractivity contribution in [3.05, 3.63) is 24.3 Å². The molecule has 2 amide bonds. The number of nitrogens with two attached hydrogens (primary N) is 2. The van der Waals surface area contributed by atoms with Crippen LogP contribution in [0.4, 0.5) is 5.69 Å². The first-order chi connectivity index (χ1) is 9.56. The van der Waals surface area contributed by atoms with Crippen LogP contribution in [0, 0.1) is 5.92 Å². The Hall–Kier alpha value is -2.24. The first-order valence-corrected chi connectivity index (χ1v) is 6.61. The monoisotopic (exact) mass is 277 g/mol. The van der Waals surface area contributed by atoms with Gasteiger partial charge in [0.2, 0.25) is 11.8 Å². The SMILES string of the molecule is NC(=O)C1CCN(C(=O)CCOc2cccc(N)c2)C1. The van der Waals surface area contributed by atoms with E-state index in [0.29, 0.717) is 37.6 Å². The highest BCUT2D eigenvalue weighted by atomic mass is 16.5. The Bertz CT molecular complexity index is 504. The molecule has 1 aromatic carbocycles. The second-order valence-corrected chi connectivity index (χ2v) is 4.90. The maximum atomic E-state index is 11.9. The lowest BCUT2D eigenvalue weighted by Gasteiger charge is -2.16. The highest BCUT2D eigenvalue weighted by Gasteiger charge is 2.29. The average molecular weight is 277 g/mol. The fourth-order valence-electron chi connectivity index (χ4n) is 2.24. The van der Waals surface area contributed by atoms with Crippen molar-refractivity contribution >= 4 is 17.5 Å². The minimum absolute atomic E-state index is 0.0161. The second kappa shape index (κ2) is 6.27. The molecule has 0 aromatic heterocycles. The summed E-state index contributed by atoms with van der Waals surface area (Å²) in [6, 6.07) is 7.07. The molecule has 1 aliphatic rings. The number of rotatable bonds is 5. The highest BCUT2D eigenvalue weighted by molar-refractivity contribution is 5.81. The molecule has 1 heterocycles. The zero-order valence-electron chi connectivity index (χ0n) is 11.2. The topological polar surface area (TPSA) is 98.7 Å². The summed E-state index contributed by atoms with van der Waals surface area (Å²) in [6.45, 7) is 1.30. The van der Waals surface area contributed by atoms with E-state index in [1.165, 1.54) is 0 Å². The van der Waals surface area contributed by atoms with Gasteiger partial charge < -0.3 is 21.1 Å². The molecule has 2 rings (SSSR count). The van der Waals surface area contributed by atoms with Gasteiger partial charge in [0.15, 0.2) is 0 Å². The lowest BCUT2D eigenvalue weighted by molar-refractivity contribution is -0.131. The number of anilines is 1. The van der Waals surface area contributed by atoms with Crippen molar-refractivity contribution in [2.75, 3.05) is 25.4 Å². The van der Waals surface area contributed by atoms with Crippen LogP contribution in [0.15, 0.2) is 24.3 Å². The molecule has 1 aliphatic heterocycles. The quantitative estimate of drug-likeness (QED) is 0.760. The third-order valence-corrected chi connectivity index (χ3v) is 3.39. The van der Waals surface area contributed by atoms with Crippen LogP contribution in [0.1, 0.15) is 12.8 Å². The summed E-state index contributed by atoms with van der Waals surface area (Å²) in [5.41, 5.74) is 11.5. The van der Waals surface area contributed by atoms with E-state index in [9.17, 15) is 9.59 Å². The third-order valence-electron chi connectivity index (χ3n) is 3.39. The Labute approximate surface area is 117 Å². The molecule has 6 heteroatoms. The normalized spacial score (nSPS) is 18.0. The molecule has 1 atom stereocenters. The van der Waals surface area contributed by atoms with E-state index in [0.717, 1.165) is 0 Å². The summed E-state index contributed by atoms with van der Waals surface area (Å²) < 4.78 is 5.47. The number of benzene rings is 1. The van der Waals surface area contributed by atoms with Crippen molar-refractivity contribution in [1.82, 2.24) is 4.90 Å². The molecule has 0 radical (unpaired) electrons. The van der Waals surface area contributed by atoms with Crippen molar-refractivity contribution in [2.45, 2.75) is 12.8 Å². The van der Waals surface area contributed by atoms with Crippen LogP contribution in [0.25, 0.3) is 0 Å². The lowest BCUT2D eigenvalue weighted by Crippen LogP contribution is -2.32. The Morgan fingerprint density at radius 1 is 1.40 bits per heavy atom. The van der Waals surface area contributed by atoms with Crippen LogP contribution in [0.3, 0.4) is 0 Å². The van der Waals surface area contributed by atoms with E-state index in [1.807, 2.05) is 0 Å². The number of hydrogen-bond donors (Lipinski definition) is 2. The minimum atomic E-state index is -0.337. The number of hydrogen-bond acceptors (Lipinski definition) is 4. The van der Waals surface area contributed by atoms with E-state index in [-0.39, 0.29) is 24.2 Å². The number of likely N-dealkylation sites (tertiary alicyclic amines) is 1. The van der Waals surface area contributed by atoms with Crippen LogP contribution >= 0.6 is 0 Å². The molecule has 0 aliphatic carbocycles. The van der Waals surface area contributed by atoms with Crippen LogP contribution in [-0.4, -0.2) is 36.4 Å². The summed E-state index contributed by atoms with van der Waals surface area (Å²) in [5.74, 6) is 0.0805. The van der Waals surface area contributed by atoms with Gasteiger partial charge in [-0.05, 0) is 18.6 Å². The zero-order valence-corrected chi connectivity index (χ0v) is 11.2. The predicted molar refractivity (Wildman–Crippen MR) is 74.8 cm³/mol. The molecule has 0 spiro atoms. The fourth-order valence-corrected chi connectivity index (χ4v) is 2.24. The van der Waals surface area contributed by atoms with Crippen molar-refractivity contribution in [3.8, 4) is 5.75 Å². The molecule has 1 aromatic rings. The van der Waals surface area contributed by atoms with Gasteiger partial charge >= 0.3 is 0 Å². The Morgan fingerprint density at radius 2 is 2.20 bits per heavy atom. The van der Waals surface area contributed by atoms with E-state index >= 15 is 0 Å². The molecule has 0 saturated carbocycles. The number of nitrogens with zero attached hydrogens (tertiary/aromatic N) is 1. The predicted octanol–water partition coefficient (Wildman–Crippen LogP) is 0.371. The first kappa shape index (κ1) is 14.2. The second-order valence-electron chi connectivity index (χ2n) is 4.90. The zero-order chi connectivity index (χ0) is 14.5. The van der Waals surface area contributed by atoms with Crippen LogP contribution in [0.2, 0.25) is 0 Å². The number of primary amides is 1. The van der Waals surface area contributed by atoms with Crippen molar-refractivity contribution < 1.29 is 14.3 Å². The first-order valence-electron chi connectivity index (χ1n) is 6.61. The standard InChI is InChI=1S/C14H19N3O3/c15-11-2-1-3-12(8-11)20-7-5-13(18)17-6-4-10(9-17)14(16)19/h1-3,8,10H,4-7,9,15H2,(H2,16,19). The molecule has 20 heavy (non-hydrogen) atoms. The van der Waals surface area contributed by atoms with Crippen molar-refractivity contribution in [3.63, 3.8) is 0 Å². The fraction of sp³-hybridized carbons (Fsp3) is 0.429. The maximum absolute atomic E-state index is 11.9. The number of amides is 2. The van der Waals surface area contributed by atoms with E-state index in [4.69, 9.17) is 16.2 Å². The van der Waals surface area contributed by atoms with E-state index in [1.54, 1.807) is 29.2 Å². The molecule has 108 valence electrons. The summed E-state index contributed by atoms with van der Waals surface area (Å²) in [4.78, 5) is 24.7. The molecule has 6 nitrogen and oxygen atoms in total. The van der Waals surface area contributed by atoms with Gasteiger partial charge in [0.05, 0.1) is 18.9 Å². The molecule has 1 saturated heterocycles. The Balaban J connectivity index is 1.75. The molecule has 0 bridgehead atoms. The Morgan fingerprint density at radius 3 is 2.85 bits per heavy atom. The molecular weight excluding hydrogens is 258 g/mol. The highest BCUT2D eigenvalue weighted by Crippen LogP contribution is 2.17. The number of nitrogen functional groups attached to an aromatic ring is 1. The van der Waals surface area contributed by atoms with Crippen molar-refractivity contribution in [2.24, 2.45) is 11.7 Å². The summed E-state index contributed by atoms with van der Waals surface area (Å²) in [5, 5.41) is 0. The number of carbonyl (C=O) groups excluding carboxylic acids is 2. The van der Waals surface area contributed by atoms with Crippen LogP contribution in [-0.2, 0) is 9.59 Å². The summed E-state index contributed by atoms with van der Waals surface area (Å²) in [6.07, 6.45) is 0.928.